The van der Waals surface area contributed by atoms with E-state index in [0.717, 1.165) is 24.2 Å². The molecule has 7 aromatic rings. The molecule has 0 radical (unpaired) electrons. The first-order valence-corrected chi connectivity index (χ1v) is 14.4. The number of allylic oxidation sites excluding steroid dienone is 1. The van der Waals surface area contributed by atoms with Gasteiger partial charge in [-0.1, -0.05) is 85.5 Å². The van der Waals surface area contributed by atoms with Gasteiger partial charge in [0.1, 0.15) is 0 Å². The summed E-state index contributed by atoms with van der Waals surface area (Å²) in [5.74, 6) is 0. The molecule has 2 nitrogen and oxygen atoms in total. The normalized spacial score (nSPS) is 12.8. The molecule has 0 fully saturated rings. The molecule has 0 N–H and O–H groups in total. The first kappa shape index (κ1) is 23.8. The van der Waals surface area contributed by atoms with Crippen molar-refractivity contribution in [3.63, 3.8) is 0 Å². The number of fused-ring (bicyclic) bond motifs is 8. The van der Waals surface area contributed by atoms with Gasteiger partial charge in [0.05, 0.1) is 22.2 Å². The van der Waals surface area contributed by atoms with E-state index in [2.05, 4.69) is 144 Å². The van der Waals surface area contributed by atoms with Gasteiger partial charge in [0.15, 0.2) is 0 Å². The standard InChI is InChI=1S/C39H30N2/c1-3-13-30-35-24-26-20-21-32-29(34(26)25-38(35)40(36(30)4-2)27-14-7-5-8-15-27)22-23-33-31-18-11-12-19-37(31)41(39(32)33)28-16-9-6-10-17-28/h3-19,22-25H,2,20-21H2,1H3/b13-3-. The molecule has 0 saturated heterocycles. The molecule has 0 atom stereocenters. The van der Waals surface area contributed by atoms with Gasteiger partial charge in [0, 0.05) is 33.1 Å². The molecule has 1 aliphatic carbocycles. The fourth-order valence-electron chi connectivity index (χ4n) is 7.01. The van der Waals surface area contributed by atoms with Crippen LogP contribution in [0.1, 0.15) is 29.3 Å². The molecular weight excluding hydrogens is 496 g/mol. The topological polar surface area (TPSA) is 9.86 Å². The van der Waals surface area contributed by atoms with Crippen molar-refractivity contribution in [2.45, 2.75) is 19.8 Å². The lowest BCUT2D eigenvalue weighted by atomic mass is 9.83. The Morgan fingerprint density at radius 2 is 1.34 bits per heavy atom. The maximum absolute atomic E-state index is 4.22. The zero-order valence-electron chi connectivity index (χ0n) is 23.1. The summed E-state index contributed by atoms with van der Waals surface area (Å²) in [6, 6.07) is 39.8. The smallest absolute Gasteiger partial charge is 0.0579 e. The number of rotatable bonds is 4. The number of hydrogen-bond acceptors (Lipinski definition) is 0. The Morgan fingerprint density at radius 1 is 0.634 bits per heavy atom. The molecule has 196 valence electrons. The van der Waals surface area contributed by atoms with Crippen molar-refractivity contribution < 1.29 is 0 Å². The van der Waals surface area contributed by atoms with E-state index in [1.54, 1.807) is 0 Å². The SMILES string of the molecule is C=Cc1c(/C=C\C)c2cc3c(cc2n1-c1ccccc1)-c1ccc2c4ccccc4n(-c4ccccc4)c2c1CC3. The average Bonchev–Trinajstić information content (AvgIpc) is 3.53. The summed E-state index contributed by atoms with van der Waals surface area (Å²) in [7, 11) is 0. The highest BCUT2D eigenvalue weighted by molar-refractivity contribution is 6.12. The molecule has 2 aromatic heterocycles. The molecule has 0 saturated carbocycles. The molecule has 2 heterocycles. The molecule has 8 rings (SSSR count). The summed E-state index contributed by atoms with van der Waals surface area (Å²) >= 11 is 0. The van der Waals surface area contributed by atoms with Gasteiger partial charge in [-0.15, -0.1) is 0 Å². The van der Waals surface area contributed by atoms with E-state index in [4.69, 9.17) is 0 Å². The molecule has 0 bridgehead atoms. The van der Waals surface area contributed by atoms with Gasteiger partial charge in [-0.05, 0) is 90.6 Å². The summed E-state index contributed by atoms with van der Waals surface area (Å²) in [6.07, 6.45) is 8.38. The molecule has 41 heavy (non-hydrogen) atoms. The molecule has 0 amide bonds. The first-order valence-electron chi connectivity index (χ1n) is 14.4. The van der Waals surface area contributed by atoms with E-state index in [1.807, 2.05) is 6.08 Å². The average molecular weight is 527 g/mol. The molecule has 1 aliphatic rings. The molecular formula is C39H30N2. The van der Waals surface area contributed by atoms with E-state index in [0.29, 0.717) is 0 Å². The van der Waals surface area contributed by atoms with Crippen molar-refractivity contribution in [1.82, 2.24) is 9.13 Å². The number of para-hydroxylation sites is 3. The quantitative estimate of drug-likeness (QED) is 0.216. The van der Waals surface area contributed by atoms with E-state index < -0.39 is 0 Å². The number of aryl methyl sites for hydroxylation is 2. The van der Waals surface area contributed by atoms with E-state index in [-0.39, 0.29) is 0 Å². The van der Waals surface area contributed by atoms with E-state index in [9.17, 15) is 0 Å². The van der Waals surface area contributed by atoms with Gasteiger partial charge >= 0.3 is 0 Å². The zero-order valence-corrected chi connectivity index (χ0v) is 23.1. The number of benzene rings is 5. The van der Waals surface area contributed by atoms with Crippen LogP contribution in [0.25, 0.3) is 67.4 Å². The highest BCUT2D eigenvalue weighted by Gasteiger charge is 2.25. The van der Waals surface area contributed by atoms with Crippen molar-refractivity contribution in [3.8, 4) is 22.5 Å². The molecule has 5 aromatic carbocycles. The second kappa shape index (κ2) is 9.25. The van der Waals surface area contributed by atoms with Crippen LogP contribution in [0.5, 0.6) is 0 Å². The van der Waals surface area contributed by atoms with Crippen molar-refractivity contribution in [1.29, 1.82) is 0 Å². The van der Waals surface area contributed by atoms with Crippen LogP contribution in [0, 0.1) is 0 Å². The fraction of sp³-hybridized carbons (Fsp3) is 0.0769. The van der Waals surface area contributed by atoms with Crippen molar-refractivity contribution >= 4 is 44.9 Å². The van der Waals surface area contributed by atoms with E-state index in [1.165, 1.54) is 66.2 Å². The van der Waals surface area contributed by atoms with Crippen LogP contribution in [-0.4, -0.2) is 9.13 Å². The molecule has 0 unspecified atom stereocenters. The minimum atomic E-state index is 1.01. The number of hydrogen-bond donors (Lipinski definition) is 0. The van der Waals surface area contributed by atoms with Crippen LogP contribution < -0.4 is 0 Å². The summed E-state index contributed by atoms with van der Waals surface area (Å²) in [4.78, 5) is 0. The maximum atomic E-state index is 4.22. The lowest BCUT2D eigenvalue weighted by Gasteiger charge is -2.23. The zero-order chi connectivity index (χ0) is 27.5. The van der Waals surface area contributed by atoms with Gasteiger partial charge in [-0.3, -0.25) is 0 Å². The van der Waals surface area contributed by atoms with Gasteiger partial charge in [-0.2, -0.15) is 0 Å². The monoisotopic (exact) mass is 526 g/mol. The van der Waals surface area contributed by atoms with Crippen molar-refractivity contribution in [3.05, 3.63) is 144 Å². The van der Waals surface area contributed by atoms with Crippen molar-refractivity contribution in [2.24, 2.45) is 0 Å². The highest BCUT2D eigenvalue weighted by Crippen LogP contribution is 2.44. The predicted octanol–water partition coefficient (Wildman–Crippen LogP) is 10.2. The summed E-state index contributed by atoms with van der Waals surface area (Å²) in [6.45, 7) is 6.31. The van der Waals surface area contributed by atoms with Crippen LogP contribution in [0.2, 0.25) is 0 Å². The third-order valence-corrected chi connectivity index (χ3v) is 8.70. The van der Waals surface area contributed by atoms with Gasteiger partial charge in [-0.25, -0.2) is 0 Å². The predicted molar refractivity (Wildman–Crippen MR) is 175 cm³/mol. The summed E-state index contributed by atoms with van der Waals surface area (Å²) in [5.41, 5.74) is 14.1. The second-order valence-electron chi connectivity index (χ2n) is 10.9. The minimum Gasteiger partial charge on any atom is -0.309 e. The van der Waals surface area contributed by atoms with Crippen molar-refractivity contribution in [2.75, 3.05) is 0 Å². The summed E-state index contributed by atoms with van der Waals surface area (Å²) in [5, 5.41) is 3.91. The second-order valence-corrected chi connectivity index (χ2v) is 10.9. The number of nitrogens with zero attached hydrogens (tertiary/aromatic N) is 2. The third-order valence-electron chi connectivity index (χ3n) is 8.70. The van der Waals surface area contributed by atoms with Gasteiger partial charge in [0.2, 0.25) is 0 Å². The Labute approximate surface area is 240 Å². The lowest BCUT2D eigenvalue weighted by Crippen LogP contribution is -2.07. The Hall–Kier alpha value is -5.08. The Bertz CT molecular complexity index is 2160. The lowest BCUT2D eigenvalue weighted by molar-refractivity contribution is 0.944. The van der Waals surface area contributed by atoms with Crippen LogP contribution in [0.4, 0.5) is 0 Å². The minimum absolute atomic E-state index is 1.01. The highest BCUT2D eigenvalue weighted by atomic mass is 15.0. The molecule has 0 spiro atoms. The van der Waals surface area contributed by atoms with Crippen LogP contribution in [-0.2, 0) is 12.8 Å². The fourth-order valence-corrected chi connectivity index (χ4v) is 7.01. The number of aromatic nitrogens is 2. The van der Waals surface area contributed by atoms with Crippen LogP contribution in [0.15, 0.2) is 122 Å². The molecule has 0 aliphatic heterocycles. The maximum Gasteiger partial charge on any atom is 0.0579 e. The van der Waals surface area contributed by atoms with Crippen LogP contribution in [0.3, 0.4) is 0 Å². The molecule has 2 heteroatoms. The van der Waals surface area contributed by atoms with Gasteiger partial charge < -0.3 is 9.13 Å². The Morgan fingerprint density at radius 3 is 2.07 bits per heavy atom. The Kier molecular flexibility index (Phi) is 5.36. The Balaban J connectivity index is 1.46. The van der Waals surface area contributed by atoms with Crippen LogP contribution >= 0.6 is 0 Å². The largest absolute Gasteiger partial charge is 0.309 e. The van der Waals surface area contributed by atoms with Gasteiger partial charge in [0.25, 0.3) is 0 Å². The third kappa shape index (κ3) is 3.44. The van der Waals surface area contributed by atoms with E-state index >= 15 is 0 Å². The summed E-state index contributed by atoms with van der Waals surface area (Å²) < 4.78 is 4.84. The first-order chi connectivity index (χ1) is 20.3.